The van der Waals surface area contributed by atoms with Gasteiger partial charge >= 0.3 is 0 Å². The van der Waals surface area contributed by atoms with E-state index in [4.69, 9.17) is 5.73 Å². The van der Waals surface area contributed by atoms with E-state index >= 15 is 0 Å². The first-order chi connectivity index (χ1) is 11.2. The number of pyridine rings is 1. The lowest BCUT2D eigenvalue weighted by Crippen LogP contribution is -2.22. The molecule has 0 spiro atoms. The molecule has 0 bridgehead atoms. The van der Waals surface area contributed by atoms with Crippen molar-refractivity contribution >= 4 is 17.7 Å². The van der Waals surface area contributed by atoms with Gasteiger partial charge < -0.3 is 5.73 Å². The molecule has 4 nitrogen and oxygen atoms in total. The third-order valence-corrected chi connectivity index (χ3v) is 5.09. The summed E-state index contributed by atoms with van der Waals surface area (Å²) >= 11 is 1.31. The highest BCUT2D eigenvalue weighted by molar-refractivity contribution is 7.99. The van der Waals surface area contributed by atoms with Crippen molar-refractivity contribution in [2.75, 3.05) is 5.75 Å². The highest BCUT2D eigenvalue weighted by Gasteiger charge is 2.28. The molecule has 0 unspecified atom stereocenters. The molecular weight excluding hydrogens is 306 g/mol. The molecule has 0 saturated heterocycles. The smallest absolute Gasteiger partial charge is 0.257 e. The summed E-state index contributed by atoms with van der Waals surface area (Å²) in [6, 6.07) is 12.5. The number of thioether (sulfide) groups is 1. The number of carbonyl (C=O) groups is 1. The van der Waals surface area contributed by atoms with Crippen molar-refractivity contribution < 1.29 is 9.78 Å². The molecule has 1 amide bonds. The van der Waals surface area contributed by atoms with Gasteiger partial charge in [-0.15, -0.1) is 0 Å². The molecule has 23 heavy (non-hydrogen) atoms. The molecule has 5 heteroatoms. The van der Waals surface area contributed by atoms with Gasteiger partial charge in [0, 0.05) is 11.1 Å². The van der Waals surface area contributed by atoms with Crippen molar-refractivity contribution in [1.29, 1.82) is 5.26 Å². The van der Waals surface area contributed by atoms with Crippen molar-refractivity contribution in [2.24, 2.45) is 5.73 Å². The van der Waals surface area contributed by atoms with E-state index in [1.807, 2.05) is 18.2 Å². The van der Waals surface area contributed by atoms with E-state index in [1.54, 1.807) is 0 Å². The molecule has 1 aromatic heterocycles. The molecular formula is C18H18N3OS+. The van der Waals surface area contributed by atoms with Gasteiger partial charge in [-0.2, -0.15) is 10.2 Å². The zero-order valence-corrected chi connectivity index (χ0v) is 13.6. The maximum absolute atomic E-state index is 11.1. The van der Waals surface area contributed by atoms with Gasteiger partial charge in [0.15, 0.2) is 0 Å². The van der Waals surface area contributed by atoms with Crippen LogP contribution in [0, 0.1) is 11.3 Å². The third kappa shape index (κ3) is 3.22. The van der Waals surface area contributed by atoms with Gasteiger partial charge in [0.1, 0.15) is 11.6 Å². The van der Waals surface area contributed by atoms with Gasteiger partial charge in [0.2, 0.25) is 11.6 Å². The van der Waals surface area contributed by atoms with Crippen molar-refractivity contribution in [1.82, 2.24) is 0 Å². The number of nitriles is 1. The summed E-state index contributed by atoms with van der Waals surface area (Å²) in [6.45, 7) is 0. The number of nitrogens with one attached hydrogen (secondary N) is 1. The molecule has 0 radical (unpaired) electrons. The second-order valence-electron chi connectivity index (χ2n) is 5.60. The second kappa shape index (κ2) is 6.84. The predicted octanol–water partition coefficient (Wildman–Crippen LogP) is 2.50. The number of benzene rings is 1. The fourth-order valence-corrected chi connectivity index (χ4v) is 3.84. The van der Waals surface area contributed by atoms with Gasteiger partial charge in [0.25, 0.3) is 5.03 Å². The lowest BCUT2D eigenvalue weighted by atomic mass is 9.86. The van der Waals surface area contributed by atoms with Gasteiger partial charge in [-0.1, -0.05) is 18.2 Å². The predicted molar refractivity (Wildman–Crippen MR) is 89.7 cm³/mol. The number of aromatic nitrogens is 1. The van der Waals surface area contributed by atoms with E-state index in [1.165, 1.54) is 17.3 Å². The summed E-state index contributed by atoms with van der Waals surface area (Å²) in [7, 11) is 0. The summed E-state index contributed by atoms with van der Waals surface area (Å²) in [6.07, 6.45) is 4.13. The molecule has 3 rings (SSSR count). The highest BCUT2D eigenvalue weighted by Crippen LogP contribution is 2.34. The van der Waals surface area contributed by atoms with Crippen LogP contribution in [0.25, 0.3) is 11.3 Å². The Morgan fingerprint density at radius 3 is 2.57 bits per heavy atom. The summed E-state index contributed by atoms with van der Waals surface area (Å²) in [5.41, 5.74) is 10.5. The summed E-state index contributed by atoms with van der Waals surface area (Å²) < 4.78 is 0. The summed E-state index contributed by atoms with van der Waals surface area (Å²) in [5, 5.41) is 10.3. The lowest BCUT2D eigenvalue weighted by molar-refractivity contribution is -0.415. The van der Waals surface area contributed by atoms with Crippen molar-refractivity contribution in [3.05, 3.63) is 47.0 Å². The van der Waals surface area contributed by atoms with E-state index in [0.717, 1.165) is 47.5 Å². The zero-order valence-electron chi connectivity index (χ0n) is 12.8. The van der Waals surface area contributed by atoms with E-state index in [0.29, 0.717) is 5.56 Å². The fourth-order valence-electron chi connectivity index (χ4n) is 3.07. The maximum atomic E-state index is 11.1. The number of nitrogens with two attached hydrogens (primary N) is 1. The van der Waals surface area contributed by atoms with E-state index in [-0.39, 0.29) is 11.7 Å². The number of nitrogens with zero attached hydrogens (tertiary/aromatic N) is 1. The molecule has 0 saturated carbocycles. The summed E-state index contributed by atoms with van der Waals surface area (Å²) in [4.78, 5) is 14.5. The number of primary amides is 1. The van der Waals surface area contributed by atoms with Crippen molar-refractivity contribution in [3.63, 3.8) is 0 Å². The molecule has 1 aliphatic rings. The van der Waals surface area contributed by atoms with E-state index in [2.05, 4.69) is 23.2 Å². The first-order valence-corrected chi connectivity index (χ1v) is 8.67. The minimum Gasteiger partial charge on any atom is -0.369 e. The first-order valence-electron chi connectivity index (χ1n) is 7.68. The standard InChI is InChI=1S/C18H17N3OS/c19-10-15-13-8-4-5-9-14(13)17(12-6-2-1-3-7-12)21-18(15)23-11-16(20)22/h1-3,6-7H,4-5,8-9,11H2,(H2,20,22)/p+1. The Morgan fingerprint density at radius 1 is 1.22 bits per heavy atom. The first kappa shape index (κ1) is 15.6. The van der Waals surface area contributed by atoms with Crippen molar-refractivity contribution in [2.45, 2.75) is 30.7 Å². The number of amides is 1. The molecule has 0 atom stereocenters. The number of aromatic amines is 1. The van der Waals surface area contributed by atoms with Crippen LogP contribution in [0.2, 0.25) is 0 Å². The minimum absolute atomic E-state index is 0.165. The van der Waals surface area contributed by atoms with Gasteiger partial charge in [-0.05, 0) is 55.1 Å². The largest absolute Gasteiger partial charge is 0.369 e. The van der Waals surface area contributed by atoms with Crippen molar-refractivity contribution in [3.8, 4) is 17.3 Å². The molecule has 1 heterocycles. The Bertz CT molecular complexity index is 781. The fraction of sp³-hybridized carbons (Fsp3) is 0.278. The molecule has 116 valence electrons. The number of fused-ring (bicyclic) bond motifs is 1. The number of carbonyl (C=O) groups excluding carboxylic acids is 1. The molecule has 1 aromatic carbocycles. The number of hydrogen-bond acceptors (Lipinski definition) is 3. The second-order valence-corrected chi connectivity index (χ2v) is 6.59. The topological polar surface area (TPSA) is 81.0 Å². The lowest BCUT2D eigenvalue weighted by Gasteiger charge is -2.18. The molecule has 0 fully saturated rings. The SMILES string of the molecule is N#Cc1c(SCC(N)=O)[nH+]c(-c2ccccc2)c2c1CCCC2. The number of hydrogen-bond donors (Lipinski definition) is 1. The Kier molecular flexibility index (Phi) is 4.63. The van der Waals surface area contributed by atoms with Crippen LogP contribution in [0.4, 0.5) is 0 Å². The van der Waals surface area contributed by atoms with Crippen LogP contribution in [0.15, 0.2) is 35.4 Å². The van der Waals surface area contributed by atoms with Crippen LogP contribution in [0.3, 0.4) is 0 Å². The van der Waals surface area contributed by atoms with Gasteiger partial charge in [-0.3, -0.25) is 4.79 Å². The van der Waals surface area contributed by atoms with Crippen LogP contribution < -0.4 is 10.7 Å². The monoisotopic (exact) mass is 324 g/mol. The summed E-state index contributed by atoms with van der Waals surface area (Å²) in [5.74, 6) is -0.218. The normalized spacial score (nSPS) is 13.2. The van der Waals surface area contributed by atoms with Crippen LogP contribution >= 0.6 is 11.8 Å². The van der Waals surface area contributed by atoms with Crippen LogP contribution in [-0.4, -0.2) is 11.7 Å². The molecule has 3 N–H and O–H groups in total. The molecule has 0 aliphatic heterocycles. The van der Waals surface area contributed by atoms with E-state index < -0.39 is 0 Å². The van der Waals surface area contributed by atoms with Gasteiger partial charge in [0.05, 0.1) is 5.75 Å². The van der Waals surface area contributed by atoms with Crippen LogP contribution in [0.1, 0.15) is 29.5 Å². The Labute approximate surface area is 139 Å². The average Bonchev–Trinajstić information content (AvgIpc) is 2.59. The number of H-pyrrole nitrogens is 1. The average molecular weight is 324 g/mol. The molecule has 1 aliphatic carbocycles. The van der Waals surface area contributed by atoms with E-state index in [9.17, 15) is 10.1 Å². The Hall–Kier alpha value is -2.32. The maximum Gasteiger partial charge on any atom is 0.257 e. The minimum atomic E-state index is -0.383. The molecule has 2 aromatic rings. The highest BCUT2D eigenvalue weighted by atomic mass is 32.2. The van der Waals surface area contributed by atoms with Crippen LogP contribution in [-0.2, 0) is 17.6 Å². The zero-order chi connectivity index (χ0) is 16.2. The Balaban J connectivity index is 2.17. The number of rotatable bonds is 4. The quantitative estimate of drug-likeness (QED) is 0.877. The van der Waals surface area contributed by atoms with Gasteiger partial charge in [-0.25, -0.2) is 0 Å². The van der Waals surface area contributed by atoms with Crippen LogP contribution in [0.5, 0.6) is 0 Å². The Morgan fingerprint density at radius 2 is 1.91 bits per heavy atom. The third-order valence-electron chi connectivity index (χ3n) is 4.07.